The number of halogens is 1. The number of rotatable bonds is 7. The molecular weight excluding hydrogens is 420 g/mol. The molecule has 0 saturated heterocycles. The Labute approximate surface area is 184 Å². The number of hydrogen-bond acceptors (Lipinski definition) is 4. The standard InChI is InChI=1S/C23H24N2O3S.ClH/c1-17(18-10-5-3-6-11-18)24-22(19-12-7-4-8-13-19)20-14-9-15-21(16-20)23(26)25-29(2,27)28;/h3-17,22,24H,1-2H3,(H,25,26);1H/t17-,22?;/m1./s1. The number of nitrogens with one attached hydrogen (secondary N) is 2. The summed E-state index contributed by atoms with van der Waals surface area (Å²) in [6.45, 7) is 2.09. The van der Waals surface area contributed by atoms with E-state index in [4.69, 9.17) is 0 Å². The maximum absolute atomic E-state index is 12.3. The molecule has 0 fully saturated rings. The van der Waals surface area contributed by atoms with Crippen molar-refractivity contribution < 1.29 is 13.2 Å². The van der Waals surface area contributed by atoms with Crippen LogP contribution >= 0.6 is 12.4 Å². The highest BCUT2D eigenvalue weighted by atomic mass is 35.5. The van der Waals surface area contributed by atoms with Gasteiger partial charge in [0.05, 0.1) is 12.3 Å². The van der Waals surface area contributed by atoms with E-state index in [1.807, 2.05) is 59.3 Å². The maximum Gasteiger partial charge on any atom is 0.264 e. The Hall–Kier alpha value is -2.67. The number of carbonyl (C=O) groups is 1. The molecule has 5 nitrogen and oxygen atoms in total. The fourth-order valence-corrected chi connectivity index (χ4v) is 3.66. The number of amides is 1. The van der Waals surface area contributed by atoms with E-state index in [9.17, 15) is 13.2 Å². The Morgan fingerprint density at radius 3 is 1.90 bits per heavy atom. The predicted molar refractivity (Wildman–Crippen MR) is 122 cm³/mol. The van der Waals surface area contributed by atoms with Gasteiger partial charge in [-0.15, -0.1) is 12.4 Å². The monoisotopic (exact) mass is 444 g/mol. The second-order valence-corrected chi connectivity index (χ2v) is 8.72. The highest BCUT2D eigenvalue weighted by Gasteiger charge is 2.19. The number of hydrogen-bond donors (Lipinski definition) is 2. The molecule has 1 unspecified atom stereocenters. The molecule has 3 aromatic carbocycles. The second-order valence-electron chi connectivity index (χ2n) is 6.97. The minimum absolute atomic E-state index is 0. The van der Waals surface area contributed by atoms with Crippen molar-refractivity contribution >= 4 is 28.3 Å². The van der Waals surface area contributed by atoms with Crippen LogP contribution in [0.15, 0.2) is 84.9 Å². The molecule has 158 valence electrons. The zero-order valence-corrected chi connectivity index (χ0v) is 18.4. The van der Waals surface area contributed by atoms with Crippen LogP contribution in [0.25, 0.3) is 0 Å². The molecular formula is C23H25ClN2O3S. The molecule has 0 aromatic heterocycles. The Morgan fingerprint density at radius 2 is 1.33 bits per heavy atom. The fraction of sp³-hybridized carbons (Fsp3) is 0.174. The summed E-state index contributed by atoms with van der Waals surface area (Å²) in [6, 6.07) is 27.0. The van der Waals surface area contributed by atoms with E-state index in [2.05, 4.69) is 24.4 Å². The summed E-state index contributed by atoms with van der Waals surface area (Å²) >= 11 is 0. The molecule has 0 saturated carbocycles. The molecule has 0 spiro atoms. The minimum Gasteiger partial charge on any atom is -0.300 e. The first kappa shape index (κ1) is 23.6. The van der Waals surface area contributed by atoms with E-state index < -0.39 is 15.9 Å². The van der Waals surface area contributed by atoms with Crippen molar-refractivity contribution in [2.24, 2.45) is 0 Å². The Balaban J connectivity index is 0.00000320. The first-order chi connectivity index (χ1) is 13.8. The van der Waals surface area contributed by atoms with Gasteiger partial charge in [0, 0.05) is 11.6 Å². The van der Waals surface area contributed by atoms with Gasteiger partial charge < -0.3 is 0 Å². The highest BCUT2D eigenvalue weighted by Crippen LogP contribution is 2.26. The van der Waals surface area contributed by atoms with Crippen LogP contribution in [0.2, 0.25) is 0 Å². The summed E-state index contributed by atoms with van der Waals surface area (Å²) in [5.74, 6) is -0.641. The average Bonchev–Trinajstić information content (AvgIpc) is 2.72. The van der Waals surface area contributed by atoms with Crippen LogP contribution in [0.5, 0.6) is 0 Å². The molecule has 30 heavy (non-hydrogen) atoms. The summed E-state index contributed by atoms with van der Waals surface area (Å²) in [5, 5.41) is 3.63. The van der Waals surface area contributed by atoms with Crippen molar-refractivity contribution in [2.45, 2.75) is 19.0 Å². The summed E-state index contributed by atoms with van der Waals surface area (Å²) in [6.07, 6.45) is 0.963. The van der Waals surface area contributed by atoms with Gasteiger partial charge in [-0.1, -0.05) is 72.8 Å². The van der Waals surface area contributed by atoms with Crippen LogP contribution in [-0.2, 0) is 10.0 Å². The fourth-order valence-electron chi connectivity index (χ4n) is 3.21. The number of carbonyl (C=O) groups excluding carboxylic acids is 1. The van der Waals surface area contributed by atoms with E-state index >= 15 is 0 Å². The number of sulfonamides is 1. The van der Waals surface area contributed by atoms with Gasteiger partial charge in [-0.05, 0) is 35.7 Å². The molecule has 0 bridgehead atoms. The van der Waals surface area contributed by atoms with Gasteiger partial charge >= 0.3 is 0 Å². The Bertz CT molecular complexity index is 1070. The summed E-state index contributed by atoms with van der Waals surface area (Å²) in [4.78, 5) is 12.3. The molecule has 1 amide bonds. The predicted octanol–water partition coefficient (Wildman–Crippen LogP) is 4.24. The molecule has 2 atom stereocenters. The molecule has 0 radical (unpaired) electrons. The molecule has 0 heterocycles. The van der Waals surface area contributed by atoms with E-state index in [0.29, 0.717) is 5.56 Å². The van der Waals surface area contributed by atoms with Crippen molar-refractivity contribution in [1.82, 2.24) is 10.0 Å². The average molecular weight is 445 g/mol. The maximum atomic E-state index is 12.3. The molecule has 0 aliphatic rings. The minimum atomic E-state index is -3.63. The number of benzene rings is 3. The Morgan fingerprint density at radius 1 is 0.800 bits per heavy atom. The lowest BCUT2D eigenvalue weighted by Crippen LogP contribution is -2.30. The van der Waals surface area contributed by atoms with Gasteiger partial charge in [-0.3, -0.25) is 10.1 Å². The van der Waals surface area contributed by atoms with Crippen LogP contribution in [0.1, 0.15) is 46.1 Å². The van der Waals surface area contributed by atoms with E-state index in [1.54, 1.807) is 18.2 Å². The molecule has 2 N–H and O–H groups in total. The second kappa shape index (κ2) is 10.4. The third-order valence-corrected chi connectivity index (χ3v) is 5.17. The highest BCUT2D eigenvalue weighted by molar-refractivity contribution is 7.89. The normalized spacial score (nSPS) is 13.0. The zero-order valence-electron chi connectivity index (χ0n) is 16.8. The van der Waals surface area contributed by atoms with Crippen LogP contribution in [0, 0.1) is 0 Å². The van der Waals surface area contributed by atoms with E-state index in [0.717, 1.165) is 22.9 Å². The molecule has 0 aliphatic heterocycles. The van der Waals surface area contributed by atoms with Crippen LogP contribution in [0.4, 0.5) is 0 Å². The van der Waals surface area contributed by atoms with Crippen molar-refractivity contribution in [3.63, 3.8) is 0 Å². The first-order valence-corrected chi connectivity index (χ1v) is 11.2. The largest absolute Gasteiger partial charge is 0.300 e. The van der Waals surface area contributed by atoms with Gasteiger partial charge in [0.15, 0.2) is 0 Å². The Kier molecular flexibility index (Phi) is 8.17. The van der Waals surface area contributed by atoms with Crippen LogP contribution in [0.3, 0.4) is 0 Å². The van der Waals surface area contributed by atoms with Crippen molar-refractivity contribution in [2.75, 3.05) is 6.26 Å². The van der Waals surface area contributed by atoms with Crippen molar-refractivity contribution in [1.29, 1.82) is 0 Å². The smallest absolute Gasteiger partial charge is 0.264 e. The summed E-state index contributed by atoms with van der Waals surface area (Å²) < 4.78 is 24.8. The first-order valence-electron chi connectivity index (χ1n) is 9.31. The zero-order chi connectivity index (χ0) is 20.9. The lowest BCUT2D eigenvalue weighted by molar-refractivity contribution is 0.0981. The van der Waals surface area contributed by atoms with Gasteiger partial charge in [0.2, 0.25) is 10.0 Å². The molecule has 0 aliphatic carbocycles. The SMILES string of the molecule is C[C@@H](NC(c1ccccc1)c1cccc(C(=O)NS(C)(=O)=O)c1)c1ccccc1.Cl. The third-order valence-electron chi connectivity index (χ3n) is 4.61. The molecule has 7 heteroatoms. The van der Waals surface area contributed by atoms with Gasteiger partial charge in [-0.2, -0.15) is 0 Å². The summed E-state index contributed by atoms with van der Waals surface area (Å²) in [5.41, 5.74) is 3.37. The van der Waals surface area contributed by atoms with Gasteiger partial charge in [-0.25, -0.2) is 13.1 Å². The third kappa shape index (κ3) is 6.42. The lowest BCUT2D eigenvalue weighted by Gasteiger charge is -2.25. The quantitative estimate of drug-likeness (QED) is 0.571. The van der Waals surface area contributed by atoms with Crippen molar-refractivity contribution in [3.8, 4) is 0 Å². The topological polar surface area (TPSA) is 75.3 Å². The lowest BCUT2D eigenvalue weighted by atomic mass is 9.95. The van der Waals surface area contributed by atoms with Gasteiger partial charge in [0.25, 0.3) is 5.91 Å². The van der Waals surface area contributed by atoms with E-state index in [1.165, 1.54) is 0 Å². The molecule has 3 aromatic rings. The molecule has 3 rings (SSSR count). The van der Waals surface area contributed by atoms with E-state index in [-0.39, 0.29) is 24.5 Å². The van der Waals surface area contributed by atoms with Crippen LogP contribution in [-0.4, -0.2) is 20.6 Å². The summed E-state index contributed by atoms with van der Waals surface area (Å²) in [7, 11) is -3.63. The van der Waals surface area contributed by atoms with Gasteiger partial charge in [0.1, 0.15) is 0 Å². The van der Waals surface area contributed by atoms with Crippen molar-refractivity contribution in [3.05, 3.63) is 107 Å². The van der Waals surface area contributed by atoms with Crippen LogP contribution < -0.4 is 10.0 Å².